The highest BCUT2D eigenvalue weighted by Crippen LogP contribution is 2.17. The van der Waals surface area contributed by atoms with Gasteiger partial charge in [-0.05, 0) is 45.7 Å². The Morgan fingerprint density at radius 3 is 2.90 bits per heavy atom. The van der Waals surface area contributed by atoms with E-state index in [9.17, 15) is 0 Å². The lowest BCUT2D eigenvalue weighted by Gasteiger charge is -2.10. The Balaban J connectivity index is 1.68. The molecule has 1 N–H and O–H groups in total. The van der Waals surface area contributed by atoms with Crippen LogP contribution in [0.2, 0.25) is 0 Å². The lowest BCUT2D eigenvalue weighted by atomic mass is 10.2. The summed E-state index contributed by atoms with van der Waals surface area (Å²) in [5.74, 6) is 0.832. The molecule has 0 saturated heterocycles. The highest BCUT2D eigenvalue weighted by atomic mass is 16.5. The van der Waals surface area contributed by atoms with E-state index >= 15 is 0 Å². The Morgan fingerprint density at radius 1 is 1.20 bits per heavy atom. The average molecular weight is 273 g/mol. The van der Waals surface area contributed by atoms with E-state index in [0.29, 0.717) is 6.61 Å². The summed E-state index contributed by atoms with van der Waals surface area (Å²) in [4.78, 5) is 6.57. The van der Waals surface area contributed by atoms with Gasteiger partial charge in [0.15, 0.2) is 0 Å². The third-order valence-corrected chi connectivity index (χ3v) is 3.07. The standard InChI is InChI=1S/C16H23N3O/c1-19(2)10-5-8-17-9-11-20-15-12-14-6-3-4-7-16(14)18-13-15/h3-4,6-7,12-13,17H,5,8-11H2,1-2H3. The molecule has 1 aromatic carbocycles. The molecule has 2 rings (SSSR count). The largest absolute Gasteiger partial charge is 0.491 e. The number of pyridine rings is 1. The number of aromatic nitrogens is 1. The fourth-order valence-electron chi connectivity index (χ4n) is 2.02. The highest BCUT2D eigenvalue weighted by Gasteiger charge is 1.98. The molecular formula is C16H23N3O. The van der Waals surface area contributed by atoms with Crippen molar-refractivity contribution in [1.82, 2.24) is 15.2 Å². The van der Waals surface area contributed by atoms with Gasteiger partial charge in [0, 0.05) is 11.9 Å². The van der Waals surface area contributed by atoms with Crippen molar-refractivity contribution >= 4 is 10.9 Å². The molecular weight excluding hydrogens is 250 g/mol. The number of para-hydroxylation sites is 1. The third-order valence-electron chi connectivity index (χ3n) is 3.07. The molecule has 0 bridgehead atoms. The van der Waals surface area contributed by atoms with Gasteiger partial charge in [0.05, 0.1) is 11.7 Å². The number of nitrogens with zero attached hydrogens (tertiary/aromatic N) is 2. The molecule has 0 fully saturated rings. The first-order valence-corrected chi connectivity index (χ1v) is 7.09. The fraction of sp³-hybridized carbons (Fsp3) is 0.438. The van der Waals surface area contributed by atoms with Crippen LogP contribution in [0, 0.1) is 0 Å². The van der Waals surface area contributed by atoms with Gasteiger partial charge in [0.25, 0.3) is 0 Å². The van der Waals surface area contributed by atoms with E-state index in [1.54, 1.807) is 6.20 Å². The monoisotopic (exact) mass is 273 g/mol. The lowest BCUT2D eigenvalue weighted by molar-refractivity contribution is 0.310. The van der Waals surface area contributed by atoms with Crippen LogP contribution in [-0.4, -0.2) is 50.2 Å². The van der Waals surface area contributed by atoms with E-state index in [-0.39, 0.29) is 0 Å². The summed E-state index contributed by atoms with van der Waals surface area (Å²) in [6.07, 6.45) is 2.94. The summed E-state index contributed by atoms with van der Waals surface area (Å²) in [5, 5.41) is 4.49. The van der Waals surface area contributed by atoms with E-state index < -0.39 is 0 Å². The van der Waals surface area contributed by atoms with Crippen LogP contribution in [0.5, 0.6) is 5.75 Å². The smallest absolute Gasteiger partial charge is 0.138 e. The van der Waals surface area contributed by atoms with Crippen molar-refractivity contribution in [2.45, 2.75) is 6.42 Å². The second kappa shape index (κ2) is 7.82. The van der Waals surface area contributed by atoms with E-state index in [4.69, 9.17) is 4.74 Å². The maximum absolute atomic E-state index is 5.71. The van der Waals surface area contributed by atoms with Crippen molar-refractivity contribution in [3.8, 4) is 5.75 Å². The molecule has 0 aliphatic carbocycles. The number of hydrogen-bond donors (Lipinski definition) is 1. The minimum atomic E-state index is 0.669. The molecule has 0 radical (unpaired) electrons. The summed E-state index contributed by atoms with van der Waals surface area (Å²) in [5.41, 5.74) is 1.00. The fourth-order valence-corrected chi connectivity index (χ4v) is 2.02. The Morgan fingerprint density at radius 2 is 2.05 bits per heavy atom. The van der Waals surface area contributed by atoms with E-state index in [2.05, 4.69) is 35.4 Å². The van der Waals surface area contributed by atoms with Gasteiger partial charge in [-0.3, -0.25) is 4.98 Å². The van der Waals surface area contributed by atoms with E-state index in [0.717, 1.165) is 42.7 Å². The molecule has 0 aliphatic rings. The van der Waals surface area contributed by atoms with Gasteiger partial charge in [-0.2, -0.15) is 0 Å². The second-order valence-corrected chi connectivity index (χ2v) is 5.12. The number of ether oxygens (including phenoxy) is 1. The highest BCUT2D eigenvalue weighted by molar-refractivity contribution is 5.79. The minimum absolute atomic E-state index is 0.669. The molecule has 1 heterocycles. The summed E-state index contributed by atoms with van der Waals surface area (Å²) < 4.78 is 5.71. The first kappa shape index (κ1) is 14.8. The molecule has 4 nitrogen and oxygen atoms in total. The van der Waals surface area contributed by atoms with Crippen LogP contribution in [0.4, 0.5) is 0 Å². The van der Waals surface area contributed by atoms with Crippen LogP contribution in [0.1, 0.15) is 6.42 Å². The van der Waals surface area contributed by atoms with Crippen LogP contribution >= 0.6 is 0 Å². The van der Waals surface area contributed by atoms with Crippen molar-refractivity contribution in [2.24, 2.45) is 0 Å². The average Bonchev–Trinajstić information content (AvgIpc) is 2.46. The zero-order valence-corrected chi connectivity index (χ0v) is 12.3. The molecule has 0 atom stereocenters. The van der Waals surface area contributed by atoms with E-state index in [1.165, 1.54) is 0 Å². The minimum Gasteiger partial charge on any atom is -0.491 e. The van der Waals surface area contributed by atoms with Crippen LogP contribution in [0.15, 0.2) is 36.5 Å². The first-order chi connectivity index (χ1) is 9.75. The molecule has 108 valence electrons. The van der Waals surface area contributed by atoms with Crippen molar-refractivity contribution in [3.05, 3.63) is 36.5 Å². The molecule has 0 amide bonds. The quantitative estimate of drug-likeness (QED) is 0.748. The number of hydrogen-bond acceptors (Lipinski definition) is 4. The van der Waals surface area contributed by atoms with Crippen molar-refractivity contribution in [2.75, 3.05) is 40.3 Å². The predicted octanol–water partition coefficient (Wildman–Crippen LogP) is 2.15. The zero-order chi connectivity index (χ0) is 14.2. The number of fused-ring (bicyclic) bond motifs is 1. The van der Waals surface area contributed by atoms with Crippen LogP contribution in [-0.2, 0) is 0 Å². The van der Waals surface area contributed by atoms with Gasteiger partial charge in [-0.15, -0.1) is 0 Å². The molecule has 20 heavy (non-hydrogen) atoms. The van der Waals surface area contributed by atoms with Crippen LogP contribution < -0.4 is 10.1 Å². The van der Waals surface area contributed by atoms with Gasteiger partial charge in [-0.25, -0.2) is 0 Å². The topological polar surface area (TPSA) is 37.4 Å². The maximum Gasteiger partial charge on any atom is 0.138 e. The molecule has 1 aromatic heterocycles. The van der Waals surface area contributed by atoms with E-state index in [1.807, 2.05) is 24.3 Å². The third kappa shape index (κ3) is 4.79. The predicted molar refractivity (Wildman–Crippen MR) is 83.3 cm³/mol. The summed E-state index contributed by atoms with van der Waals surface area (Å²) in [7, 11) is 4.19. The van der Waals surface area contributed by atoms with Crippen molar-refractivity contribution in [1.29, 1.82) is 0 Å². The van der Waals surface area contributed by atoms with Gasteiger partial charge in [0.1, 0.15) is 12.4 Å². The first-order valence-electron chi connectivity index (χ1n) is 7.09. The summed E-state index contributed by atoms with van der Waals surface area (Å²) in [6, 6.07) is 10.1. The molecule has 0 spiro atoms. The SMILES string of the molecule is CN(C)CCCNCCOc1cnc2ccccc2c1. The van der Waals surface area contributed by atoms with Crippen molar-refractivity contribution in [3.63, 3.8) is 0 Å². The molecule has 0 aliphatic heterocycles. The van der Waals surface area contributed by atoms with Crippen LogP contribution in [0.3, 0.4) is 0 Å². The Labute approximate surface area is 120 Å². The van der Waals surface area contributed by atoms with Gasteiger partial charge >= 0.3 is 0 Å². The molecule has 0 saturated carbocycles. The lowest BCUT2D eigenvalue weighted by Crippen LogP contribution is -2.25. The molecule has 4 heteroatoms. The number of nitrogens with one attached hydrogen (secondary N) is 1. The van der Waals surface area contributed by atoms with Gasteiger partial charge < -0.3 is 15.0 Å². The molecule has 2 aromatic rings. The molecule has 0 unspecified atom stereocenters. The number of benzene rings is 1. The van der Waals surface area contributed by atoms with Gasteiger partial charge in [-0.1, -0.05) is 18.2 Å². The normalized spacial score (nSPS) is 11.2. The van der Waals surface area contributed by atoms with Crippen molar-refractivity contribution < 1.29 is 4.74 Å². The Hall–Kier alpha value is -1.65. The van der Waals surface area contributed by atoms with Gasteiger partial charge in [0.2, 0.25) is 0 Å². The summed E-state index contributed by atoms with van der Waals surface area (Å²) >= 11 is 0. The summed E-state index contributed by atoms with van der Waals surface area (Å²) in [6.45, 7) is 3.67. The number of rotatable bonds is 8. The Bertz CT molecular complexity index is 528. The second-order valence-electron chi connectivity index (χ2n) is 5.12. The Kier molecular flexibility index (Phi) is 5.77. The maximum atomic E-state index is 5.71. The van der Waals surface area contributed by atoms with Crippen LogP contribution in [0.25, 0.3) is 10.9 Å². The zero-order valence-electron chi connectivity index (χ0n) is 12.3.